The Hall–Kier alpha value is -2.16. The van der Waals surface area contributed by atoms with Gasteiger partial charge in [-0.15, -0.1) is 0 Å². The van der Waals surface area contributed by atoms with Gasteiger partial charge in [-0.3, -0.25) is 4.79 Å². The van der Waals surface area contributed by atoms with Crippen molar-refractivity contribution in [1.82, 2.24) is 10.6 Å². The van der Waals surface area contributed by atoms with Gasteiger partial charge in [-0.25, -0.2) is 4.79 Å². The molecule has 0 bridgehead atoms. The fourth-order valence-electron chi connectivity index (χ4n) is 3.67. The Labute approximate surface area is 193 Å². The monoisotopic (exact) mass is 459 g/mol. The number of benzene rings is 2. The Kier molecular flexibility index (Phi) is 8.69. The van der Waals surface area contributed by atoms with E-state index >= 15 is 0 Å². The van der Waals surface area contributed by atoms with Gasteiger partial charge in [-0.05, 0) is 61.1 Å². The van der Waals surface area contributed by atoms with Crippen LogP contribution >= 0.6 is 24.4 Å². The summed E-state index contributed by atoms with van der Waals surface area (Å²) in [7, 11) is 0. The maximum atomic E-state index is 13.2. The first-order valence-corrected chi connectivity index (χ1v) is 12.3. The van der Waals surface area contributed by atoms with Crippen LogP contribution in [0.2, 0.25) is 0 Å². The zero-order chi connectivity index (χ0) is 22.2. The fourth-order valence-corrected chi connectivity index (χ4v) is 4.55. The molecule has 0 saturated carbocycles. The van der Waals surface area contributed by atoms with E-state index in [-0.39, 0.29) is 11.4 Å². The standard InChI is InChI=1S/C23H29N3O3S2/c1-31-13-11-20(23(28)29)26-21(27)18-14-16(25-22(30)19-8-5-12-24-19)9-10-17(18)15-6-3-2-4-7-15/h2-4,6-7,9-10,14,19-20,22,24-25,30H,5,8,11-13H2,1H3,(H,26,27)(H,28,29)/t19-,20-,22?/m0/s1. The summed E-state index contributed by atoms with van der Waals surface area (Å²) in [6.07, 6.45) is 4.45. The number of amides is 1. The van der Waals surface area contributed by atoms with Crippen molar-refractivity contribution in [2.75, 3.05) is 23.9 Å². The molecule has 1 heterocycles. The molecule has 0 aliphatic carbocycles. The minimum atomic E-state index is -1.03. The van der Waals surface area contributed by atoms with Gasteiger partial charge in [0.15, 0.2) is 0 Å². The van der Waals surface area contributed by atoms with Crippen LogP contribution in [0.1, 0.15) is 29.6 Å². The van der Waals surface area contributed by atoms with Crippen molar-refractivity contribution in [3.05, 3.63) is 54.1 Å². The number of thioether (sulfide) groups is 1. The van der Waals surface area contributed by atoms with Crippen LogP contribution in [0, 0.1) is 0 Å². The van der Waals surface area contributed by atoms with Crippen molar-refractivity contribution < 1.29 is 14.7 Å². The van der Waals surface area contributed by atoms with Gasteiger partial charge >= 0.3 is 5.97 Å². The molecule has 2 aromatic carbocycles. The summed E-state index contributed by atoms with van der Waals surface area (Å²) < 4.78 is 0. The van der Waals surface area contributed by atoms with Crippen molar-refractivity contribution in [1.29, 1.82) is 0 Å². The average molecular weight is 460 g/mol. The van der Waals surface area contributed by atoms with Gasteiger partial charge in [0.1, 0.15) is 6.04 Å². The molecule has 3 atom stereocenters. The Bertz CT molecular complexity index is 889. The Morgan fingerprint density at radius 2 is 2.03 bits per heavy atom. The number of rotatable bonds is 10. The summed E-state index contributed by atoms with van der Waals surface area (Å²) in [4.78, 5) is 24.8. The Morgan fingerprint density at radius 1 is 1.26 bits per heavy atom. The van der Waals surface area contributed by atoms with E-state index < -0.39 is 17.9 Å². The highest BCUT2D eigenvalue weighted by Crippen LogP contribution is 2.28. The second kappa shape index (κ2) is 11.5. The normalized spacial score (nSPS) is 17.7. The topological polar surface area (TPSA) is 90.5 Å². The molecule has 1 fully saturated rings. The molecule has 3 rings (SSSR count). The minimum absolute atomic E-state index is 0.0886. The number of carboxylic acids is 1. The van der Waals surface area contributed by atoms with Crippen LogP contribution < -0.4 is 16.0 Å². The molecular formula is C23H29N3O3S2. The molecule has 6 nitrogen and oxygen atoms in total. The van der Waals surface area contributed by atoms with Crippen molar-refractivity contribution in [2.45, 2.75) is 36.7 Å². The van der Waals surface area contributed by atoms with Gasteiger partial charge in [0.25, 0.3) is 5.91 Å². The number of thiol groups is 1. The van der Waals surface area contributed by atoms with Crippen molar-refractivity contribution in [3.63, 3.8) is 0 Å². The highest BCUT2D eigenvalue weighted by molar-refractivity contribution is 7.98. The molecule has 1 amide bonds. The van der Waals surface area contributed by atoms with Gasteiger partial charge in [0.05, 0.1) is 5.37 Å². The third-order valence-corrected chi connectivity index (χ3v) is 6.49. The summed E-state index contributed by atoms with van der Waals surface area (Å²) in [5.74, 6) is -0.772. The van der Waals surface area contributed by atoms with Crippen molar-refractivity contribution in [2.24, 2.45) is 0 Å². The number of aliphatic carboxylic acids is 1. The summed E-state index contributed by atoms with van der Waals surface area (Å²) in [6.45, 7) is 0.983. The van der Waals surface area contributed by atoms with Gasteiger partial charge in [-0.2, -0.15) is 24.4 Å². The van der Waals surface area contributed by atoms with E-state index in [9.17, 15) is 14.7 Å². The maximum Gasteiger partial charge on any atom is 0.326 e. The summed E-state index contributed by atoms with van der Waals surface area (Å²) in [5, 5.41) is 18.9. The molecule has 0 aromatic heterocycles. The van der Waals surface area contributed by atoms with Crippen LogP contribution in [-0.4, -0.2) is 53.0 Å². The van der Waals surface area contributed by atoms with Gasteiger partial charge < -0.3 is 21.1 Å². The van der Waals surface area contributed by atoms with E-state index in [0.29, 0.717) is 17.7 Å². The number of carboxylic acid groups (broad SMARTS) is 1. The first kappa shape index (κ1) is 23.5. The first-order valence-electron chi connectivity index (χ1n) is 10.4. The molecule has 0 spiro atoms. The molecule has 4 N–H and O–H groups in total. The van der Waals surface area contributed by atoms with Crippen LogP contribution in [0.5, 0.6) is 0 Å². The lowest BCUT2D eigenvalue weighted by molar-refractivity contribution is -0.139. The quantitative estimate of drug-likeness (QED) is 0.275. The molecule has 1 aliphatic heterocycles. The molecule has 8 heteroatoms. The van der Waals surface area contributed by atoms with E-state index in [1.54, 1.807) is 17.8 Å². The predicted octanol–water partition coefficient (Wildman–Crippen LogP) is 3.71. The highest BCUT2D eigenvalue weighted by Gasteiger charge is 2.24. The number of hydrogen-bond donors (Lipinski definition) is 5. The molecule has 1 unspecified atom stereocenters. The van der Waals surface area contributed by atoms with Gasteiger partial charge in [0.2, 0.25) is 0 Å². The molecular weight excluding hydrogens is 430 g/mol. The van der Waals surface area contributed by atoms with Crippen molar-refractivity contribution >= 4 is 42.0 Å². The number of carbonyl (C=O) groups excluding carboxylic acids is 1. The fraction of sp³-hybridized carbons (Fsp3) is 0.391. The lowest BCUT2D eigenvalue weighted by Crippen LogP contribution is -2.41. The van der Waals surface area contributed by atoms with Crippen LogP contribution in [0.15, 0.2) is 48.5 Å². The average Bonchev–Trinajstić information content (AvgIpc) is 3.32. The van der Waals surface area contributed by atoms with E-state index in [2.05, 4.69) is 28.6 Å². The molecule has 1 aliphatic rings. The van der Waals surface area contributed by atoms with E-state index in [1.807, 2.05) is 48.7 Å². The van der Waals surface area contributed by atoms with Gasteiger partial charge in [-0.1, -0.05) is 36.4 Å². The van der Waals surface area contributed by atoms with Crippen LogP contribution in [0.25, 0.3) is 11.1 Å². The molecule has 31 heavy (non-hydrogen) atoms. The lowest BCUT2D eigenvalue weighted by Gasteiger charge is -2.22. The molecule has 1 saturated heterocycles. The largest absolute Gasteiger partial charge is 0.480 e. The minimum Gasteiger partial charge on any atom is -0.480 e. The van der Waals surface area contributed by atoms with E-state index in [1.165, 1.54) is 0 Å². The zero-order valence-electron chi connectivity index (χ0n) is 17.5. The second-order valence-corrected chi connectivity index (χ2v) is 9.11. The zero-order valence-corrected chi connectivity index (χ0v) is 19.2. The number of hydrogen-bond acceptors (Lipinski definition) is 6. The van der Waals surface area contributed by atoms with E-state index in [4.69, 9.17) is 0 Å². The van der Waals surface area contributed by atoms with E-state index in [0.717, 1.165) is 36.2 Å². The first-order chi connectivity index (χ1) is 15.0. The second-order valence-electron chi connectivity index (χ2n) is 7.56. The smallest absolute Gasteiger partial charge is 0.326 e. The molecule has 2 aromatic rings. The number of nitrogens with one attached hydrogen (secondary N) is 3. The SMILES string of the molecule is CSCC[C@H](NC(=O)c1cc(NC(S)[C@@H]2CCCN2)ccc1-c1ccccc1)C(=O)O. The molecule has 0 radical (unpaired) electrons. The predicted molar refractivity (Wildman–Crippen MR) is 131 cm³/mol. The Morgan fingerprint density at radius 3 is 2.68 bits per heavy atom. The van der Waals surface area contributed by atoms with Crippen LogP contribution in [0.4, 0.5) is 5.69 Å². The summed E-state index contributed by atoms with van der Waals surface area (Å²) >= 11 is 6.24. The van der Waals surface area contributed by atoms with Gasteiger partial charge in [0, 0.05) is 17.3 Å². The third-order valence-electron chi connectivity index (χ3n) is 5.36. The third kappa shape index (κ3) is 6.41. The number of carbonyl (C=O) groups is 2. The Balaban J connectivity index is 1.88. The summed E-state index contributed by atoms with van der Waals surface area (Å²) in [5.41, 5.74) is 2.86. The number of anilines is 1. The summed E-state index contributed by atoms with van der Waals surface area (Å²) in [6, 6.07) is 14.6. The van der Waals surface area contributed by atoms with Crippen LogP contribution in [0.3, 0.4) is 0 Å². The highest BCUT2D eigenvalue weighted by atomic mass is 32.2. The maximum absolute atomic E-state index is 13.2. The molecule has 166 valence electrons. The van der Waals surface area contributed by atoms with Crippen LogP contribution in [-0.2, 0) is 4.79 Å². The van der Waals surface area contributed by atoms with Crippen molar-refractivity contribution in [3.8, 4) is 11.1 Å². The lowest BCUT2D eigenvalue weighted by atomic mass is 9.98.